The van der Waals surface area contributed by atoms with Crippen LogP contribution >= 0.6 is 0 Å². The van der Waals surface area contributed by atoms with Crippen LogP contribution < -0.4 is 0 Å². The molecule has 0 aromatic carbocycles. The zero-order chi connectivity index (χ0) is 20.8. The van der Waals surface area contributed by atoms with Crippen molar-refractivity contribution in [3.05, 3.63) is 11.1 Å². The molecule has 3 nitrogen and oxygen atoms in total. The van der Waals surface area contributed by atoms with Gasteiger partial charge in [-0.1, -0.05) is 31.9 Å². The van der Waals surface area contributed by atoms with Crippen molar-refractivity contribution in [1.82, 2.24) is 4.90 Å². The van der Waals surface area contributed by atoms with Gasteiger partial charge in [0.2, 0.25) is 0 Å². The maximum atomic E-state index is 13.2. The first-order chi connectivity index (χ1) is 14.4. The van der Waals surface area contributed by atoms with E-state index in [4.69, 9.17) is 0 Å². The number of piperidine rings is 1. The van der Waals surface area contributed by atoms with E-state index in [2.05, 4.69) is 25.7 Å². The number of nitrogens with zero attached hydrogens (tertiary/aromatic N) is 1. The molecule has 3 heteroatoms. The van der Waals surface area contributed by atoms with Gasteiger partial charge in [0.15, 0.2) is 0 Å². The van der Waals surface area contributed by atoms with Crippen molar-refractivity contribution in [2.24, 2.45) is 46.8 Å². The van der Waals surface area contributed by atoms with Gasteiger partial charge in [0, 0.05) is 31.5 Å². The molecule has 10 atom stereocenters. The molecule has 0 amide bonds. The van der Waals surface area contributed by atoms with Gasteiger partial charge in [-0.15, -0.1) is 0 Å². The minimum absolute atomic E-state index is 0.119. The number of aliphatic hydroxyl groups is 1. The minimum atomic E-state index is -0.251. The summed E-state index contributed by atoms with van der Waals surface area (Å²) >= 11 is 0. The lowest BCUT2D eigenvalue weighted by Gasteiger charge is -2.52. The number of Topliss-reactive ketones (excluding diaryl/α,β-unsaturated/α-hetero) is 1. The van der Waals surface area contributed by atoms with Crippen LogP contribution in [0.4, 0.5) is 0 Å². The van der Waals surface area contributed by atoms with E-state index in [0.717, 1.165) is 55.4 Å². The van der Waals surface area contributed by atoms with E-state index in [0.29, 0.717) is 17.6 Å². The van der Waals surface area contributed by atoms with Crippen molar-refractivity contribution in [3.63, 3.8) is 0 Å². The normalized spacial score (nSPS) is 53.5. The van der Waals surface area contributed by atoms with Crippen molar-refractivity contribution in [2.75, 3.05) is 13.1 Å². The third-order valence-electron chi connectivity index (χ3n) is 11.2. The van der Waals surface area contributed by atoms with Crippen molar-refractivity contribution in [1.29, 1.82) is 0 Å². The second kappa shape index (κ2) is 6.91. The Balaban J connectivity index is 1.33. The Bertz CT molecular complexity index is 773. The van der Waals surface area contributed by atoms with Crippen LogP contribution in [0.1, 0.15) is 78.6 Å². The Labute approximate surface area is 182 Å². The molecular formula is C27H41NO2. The molecule has 0 radical (unpaired) electrons. The fraction of sp³-hybridized carbons (Fsp3) is 0.889. The Morgan fingerprint density at radius 1 is 1.03 bits per heavy atom. The fourth-order valence-corrected chi connectivity index (χ4v) is 9.64. The summed E-state index contributed by atoms with van der Waals surface area (Å²) in [6.07, 6.45) is 9.97. The van der Waals surface area contributed by atoms with Crippen LogP contribution in [-0.2, 0) is 4.79 Å². The monoisotopic (exact) mass is 411 g/mol. The van der Waals surface area contributed by atoms with Crippen molar-refractivity contribution >= 4 is 5.78 Å². The number of hydrogen-bond acceptors (Lipinski definition) is 3. The highest BCUT2D eigenvalue weighted by Gasteiger charge is 2.61. The maximum absolute atomic E-state index is 13.2. The summed E-state index contributed by atoms with van der Waals surface area (Å²) in [7, 11) is 0. The third-order valence-corrected chi connectivity index (χ3v) is 11.2. The standard InChI is InChI=1S/C27H41NO2/c1-15-4-7-25-16(2)18-5-6-19-20(22(18)14-28(25)13-15)11-23-21(19)12-26(30)24-10-17(29)8-9-27(23,24)3/h15-17,19-21,23-25,29H,4-14H2,1-3H3/t15-,16-,17+,19-,20-,21+,23-,24-,25+,27-/m1/s1. The predicted molar refractivity (Wildman–Crippen MR) is 119 cm³/mol. The quantitative estimate of drug-likeness (QED) is 0.580. The average molecular weight is 412 g/mol. The Hall–Kier alpha value is -0.670. The second-order valence-corrected chi connectivity index (χ2v) is 12.5. The first-order valence-electron chi connectivity index (χ1n) is 13.0. The molecule has 0 bridgehead atoms. The zero-order valence-corrected chi connectivity index (χ0v) is 19.3. The summed E-state index contributed by atoms with van der Waals surface area (Å²) in [5.41, 5.74) is 3.79. The summed E-state index contributed by atoms with van der Waals surface area (Å²) in [6, 6.07) is 0.781. The topological polar surface area (TPSA) is 40.5 Å². The van der Waals surface area contributed by atoms with Gasteiger partial charge in [-0.05, 0) is 92.3 Å². The highest BCUT2D eigenvalue weighted by Crippen LogP contribution is 2.65. The lowest BCUT2D eigenvalue weighted by molar-refractivity contribution is -0.145. The maximum Gasteiger partial charge on any atom is 0.136 e. The minimum Gasteiger partial charge on any atom is -0.393 e. The van der Waals surface area contributed by atoms with Gasteiger partial charge in [0.1, 0.15) is 5.78 Å². The van der Waals surface area contributed by atoms with Gasteiger partial charge < -0.3 is 5.11 Å². The van der Waals surface area contributed by atoms with Crippen LogP contribution in [0.3, 0.4) is 0 Å². The van der Waals surface area contributed by atoms with Crippen molar-refractivity contribution in [3.8, 4) is 0 Å². The lowest BCUT2D eigenvalue weighted by Crippen LogP contribution is -2.52. The van der Waals surface area contributed by atoms with Crippen LogP contribution in [-0.4, -0.2) is 41.0 Å². The first-order valence-corrected chi connectivity index (χ1v) is 13.0. The van der Waals surface area contributed by atoms with E-state index in [-0.39, 0.29) is 17.4 Å². The molecule has 6 rings (SSSR count). The fourth-order valence-electron chi connectivity index (χ4n) is 9.64. The molecule has 0 aromatic rings. The van der Waals surface area contributed by atoms with E-state index < -0.39 is 0 Å². The average Bonchev–Trinajstić information content (AvgIpc) is 3.09. The van der Waals surface area contributed by atoms with Crippen molar-refractivity contribution in [2.45, 2.75) is 90.7 Å². The summed E-state index contributed by atoms with van der Waals surface area (Å²) in [6.45, 7) is 9.89. The van der Waals surface area contributed by atoms with Crippen molar-refractivity contribution < 1.29 is 9.90 Å². The summed E-state index contributed by atoms with van der Waals surface area (Å²) < 4.78 is 0. The van der Waals surface area contributed by atoms with E-state index in [1.807, 2.05) is 11.1 Å². The van der Waals surface area contributed by atoms with E-state index >= 15 is 0 Å². The molecule has 166 valence electrons. The Morgan fingerprint density at radius 3 is 2.70 bits per heavy atom. The number of carbonyl (C=O) groups is 1. The number of aliphatic hydroxyl groups excluding tert-OH is 1. The van der Waals surface area contributed by atoms with E-state index in [9.17, 15) is 9.90 Å². The zero-order valence-electron chi connectivity index (χ0n) is 19.3. The number of fused-ring (bicyclic) bond motifs is 7. The van der Waals surface area contributed by atoms with Gasteiger partial charge >= 0.3 is 0 Å². The largest absolute Gasteiger partial charge is 0.393 e. The highest BCUT2D eigenvalue weighted by atomic mass is 16.3. The highest BCUT2D eigenvalue weighted by molar-refractivity contribution is 5.83. The number of rotatable bonds is 0. The molecule has 6 aliphatic rings. The van der Waals surface area contributed by atoms with Crippen LogP contribution in [0.2, 0.25) is 0 Å². The molecule has 0 unspecified atom stereocenters. The Kier molecular flexibility index (Phi) is 4.60. The number of hydrogen-bond donors (Lipinski definition) is 1. The van der Waals surface area contributed by atoms with Crippen LogP contribution in [0.5, 0.6) is 0 Å². The summed E-state index contributed by atoms with van der Waals surface area (Å²) in [4.78, 5) is 16.1. The van der Waals surface area contributed by atoms with Crippen LogP contribution in [0.25, 0.3) is 0 Å². The lowest BCUT2D eigenvalue weighted by atomic mass is 9.52. The van der Waals surface area contributed by atoms with Gasteiger partial charge in [-0.3, -0.25) is 9.69 Å². The molecule has 1 N–H and O–H groups in total. The Morgan fingerprint density at radius 2 is 1.87 bits per heavy atom. The molecule has 2 heterocycles. The van der Waals surface area contributed by atoms with Gasteiger partial charge in [-0.25, -0.2) is 0 Å². The SMILES string of the molecule is C[C@@H]1CC[C@H]2[C@H](C)C3=C(CN2C1)[C@@H]1C[C@@H]2[C@@H](CC(=O)[C@H]4C[C@@H](O)CC[C@@]42C)[C@@H]1CC3. The summed E-state index contributed by atoms with van der Waals surface area (Å²) in [5, 5.41) is 10.3. The van der Waals surface area contributed by atoms with Gasteiger partial charge in [-0.2, -0.15) is 0 Å². The molecule has 4 fully saturated rings. The van der Waals surface area contributed by atoms with Crippen LogP contribution in [0.15, 0.2) is 11.1 Å². The molecular weight excluding hydrogens is 370 g/mol. The molecule has 30 heavy (non-hydrogen) atoms. The van der Waals surface area contributed by atoms with Gasteiger partial charge in [0.05, 0.1) is 6.10 Å². The first kappa shape index (κ1) is 20.0. The smallest absolute Gasteiger partial charge is 0.136 e. The van der Waals surface area contributed by atoms with E-state index in [1.54, 1.807) is 0 Å². The van der Waals surface area contributed by atoms with Crippen LogP contribution in [0, 0.1) is 46.8 Å². The third kappa shape index (κ3) is 2.73. The predicted octanol–water partition coefficient (Wildman–Crippen LogP) is 4.84. The second-order valence-electron chi connectivity index (χ2n) is 12.5. The number of carbonyl (C=O) groups excluding carboxylic acids is 1. The summed E-state index contributed by atoms with van der Waals surface area (Å²) in [5.74, 6) is 4.97. The number of ketones is 1. The van der Waals surface area contributed by atoms with E-state index in [1.165, 1.54) is 45.2 Å². The molecule has 0 aromatic heterocycles. The van der Waals surface area contributed by atoms with Gasteiger partial charge in [0.25, 0.3) is 0 Å². The molecule has 4 aliphatic carbocycles. The molecule has 1 saturated heterocycles. The molecule has 3 saturated carbocycles. The molecule has 0 spiro atoms. The molecule has 2 aliphatic heterocycles.